The molecule has 0 radical (unpaired) electrons. The molecule has 5 heteroatoms. The Morgan fingerprint density at radius 2 is 2.39 bits per heavy atom. The maximum absolute atomic E-state index is 11.7. The van der Waals surface area contributed by atoms with Gasteiger partial charge in [0, 0.05) is 24.8 Å². The molecular weight excluding hydrogens is 230 g/mol. The molecule has 0 aromatic carbocycles. The zero-order chi connectivity index (χ0) is 13.1. The molecule has 0 amide bonds. The zero-order valence-corrected chi connectivity index (χ0v) is 10.8. The summed E-state index contributed by atoms with van der Waals surface area (Å²) in [6.07, 6.45) is 3.53. The van der Waals surface area contributed by atoms with Gasteiger partial charge in [-0.2, -0.15) is 0 Å². The maximum atomic E-state index is 11.7. The Bertz CT molecular complexity index is 436. The SMILES string of the molecule is COC(=O)c1cccnc1N1CCC(N)CC1C. The molecule has 0 bridgehead atoms. The van der Waals surface area contributed by atoms with Crippen molar-refractivity contribution in [3.05, 3.63) is 23.9 Å². The first-order valence-corrected chi connectivity index (χ1v) is 6.19. The second-order valence-corrected chi connectivity index (χ2v) is 4.69. The largest absolute Gasteiger partial charge is 0.465 e. The number of nitrogens with two attached hydrogens (primary N) is 1. The van der Waals surface area contributed by atoms with Gasteiger partial charge in [0.1, 0.15) is 11.4 Å². The van der Waals surface area contributed by atoms with Crippen LogP contribution in [0.2, 0.25) is 0 Å². The van der Waals surface area contributed by atoms with Gasteiger partial charge in [0.15, 0.2) is 0 Å². The number of pyridine rings is 1. The lowest BCUT2D eigenvalue weighted by Gasteiger charge is -2.37. The summed E-state index contributed by atoms with van der Waals surface area (Å²) in [6, 6.07) is 4.01. The van der Waals surface area contributed by atoms with Crippen LogP contribution < -0.4 is 10.6 Å². The van der Waals surface area contributed by atoms with Gasteiger partial charge in [0.2, 0.25) is 0 Å². The minimum Gasteiger partial charge on any atom is -0.465 e. The number of hydrogen-bond donors (Lipinski definition) is 1. The van der Waals surface area contributed by atoms with Crippen LogP contribution in [0.15, 0.2) is 18.3 Å². The molecule has 0 spiro atoms. The number of rotatable bonds is 2. The summed E-state index contributed by atoms with van der Waals surface area (Å²) in [4.78, 5) is 18.2. The predicted octanol–water partition coefficient (Wildman–Crippen LogP) is 1.18. The van der Waals surface area contributed by atoms with Crippen LogP contribution in [0.4, 0.5) is 5.82 Å². The minimum absolute atomic E-state index is 0.238. The summed E-state index contributed by atoms with van der Waals surface area (Å²) in [5.41, 5.74) is 6.47. The van der Waals surface area contributed by atoms with E-state index in [1.165, 1.54) is 7.11 Å². The number of esters is 1. The third kappa shape index (κ3) is 2.46. The lowest BCUT2D eigenvalue weighted by molar-refractivity contribution is 0.0601. The van der Waals surface area contributed by atoms with Crippen LogP contribution in [0, 0.1) is 0 Å². The molecule has 0 saturated carbocycles. The molecule has 2 rings (SSSR count). The first-order chi connectivity index (χ1) is 8.63. The second kappa shape index (κ2) is 5.35. The van der Waals surface area contributed by atoms with Gasteiger partial charge in [-0.05, 0) is 31.9 Å². The predicted molar refractivity (Wildman–Crippen MR) is 69.6 cm³/mol. The number of hydrogen-bond acceptors (Lipinski definition) is 5. The van der Waals surface area contributed by atoms with Crippen LogP contribution in [-0.4, -0.2) is 36.7 Å². The van der Waals surface area contributed by atoms with E-state index < -0.39 is 0 Å². The van der Waals surface area contributed by atoms with E-state index >= 15 is 0 Å². The highest BCUT2D eigenvalue weighted by atomic mass is 16.5. The summed E-state index contributed by atoms with van der Waals surface area (Å²) in [7, 11) is 1.38. The van der Waals surface area contributed by atoms with Crippen molar-refractivity contribution in [1.82, 2.24) is 4.98 Å². The standard InChI is InChI=1S/C13H19N3O2/c1-9-8-10(14)5-7-16(9)12-11(13(17)18-2)4-3-6-15-12/h3-4,6,9-10H,5,7-8,14H2,1-2H3. The molecule has 1 aliphatic rings. The van der Waals surface area contributed by atoms with E-state index in [2.05, 4.69) is 16.8 Å². The summed E-state index contributed by atoms with van der Waals surface area (Å²) in [6.45, 7) is 2.93. The molecule has 98 valence electrons. The van der Waals surface area contributed by atoms with Gasteiger partial charge >= 0.3 is 5.97 Å². The Morgan fingerprint density at radius 3 is 3.06 bits per heavy atom. The zero-order valence-electron chi connectivity index (χ0n) is 10.8. The third-order valence-electron chi connectivity index (χ3n) is 3.38. The van der Waals surface area contributed by atoms with E-state index in [4.69, 9.17) is 10.5 Å². The monoisotopic (exact) mass is 249 g/mol. The van der Waals surface area contributed by atoms with Crippen LogP contribution >= 0.6 is 0 Å². The van der Waals surface area contributed by atoms with Crippen molar-refractivity contribution >= 4 is 11.8 Å². The fraction of sp³-hybridized carbons (Fsp3) is 0.538. The quantitative estimate of drug-likeness (QED) is 0.797. The van der Waals surface area contributed by atoms with Crippen LogP contribution in [0.25, 0.3) is 0 Å². The third-order valence-corrected chi connectivity index (χ3v) is 3.38. The van der Waals surface area contributed by atoms with Crippen molar-refractivity contribution in [3.63, 3.8) is 0 Å². The molecule has 2 N–H and O–H groups in total. The fourth-order valence-electron chi connectivity index (χ4n) is 2.42. The first-order valence-electron chi connectivity index (χ1n) is 6.19. The lowest BCUT2D eigenvalue weighted by Crippen LogP contribution is -2.46. The number of anilines is 1. The lowest BCUT2D eigenvalue weighted by atomic mass is 9.98. The van der Waals surface area contributed by atoms with Gasteiger partial charge < -0.3 is 15.4 Å². The molecule has 18 heavy (non-hydrogen) atoms. The molecule has 1 saturated heterocycles. The van der Waals surface area contributed by atoms with E-state index in [1.54, 1.807) is 18.3 Å². The van der Waals surface area contributed by atoms with E-state index in [0.29, 0.717) is 11.4 Å². The van der Waals surface area contributed by atoms with E-state index in [0.717, 1.165) is 19.4 Å². The fourth-order valence-corrected chi connectivity index (χ4v) is 2.42. The highest BCUT2D eigenvalue weighted by molar-refractivity contribution is 5.94. The van der Waals surface area contributed by atoms with Crippen molar-refractivity contribution in [2.45, 2.75) is 31.8 Å². The average Bonchev–Trinajstić information content (AvgIpc) is 2.38. The molecular formula is C13H19N3O2. The van der Waals surface area contributed by atoms with Crippen molar-refractivity contribution in [2.24, 2.45) is 5.73 Å². The van der Waals surface area contributed by atoms with E-state index in [9.17, 15) is 4.79 Å². The summed E-state index contributed by atoms with van der Waals surface area (Å²) >= 11 is 0. The molecule has 2 heterocycles. The summed E-state index contributed by atoms with van der Waals surface area (Å²) in [5.74, 6) is 0.351. The number of ether oxygens (including phenoxy) is 1. The molecule has 1 fully saturated rings. The van der Waals surface area contributed by atoms with Crippen LogP contribution in [0.5, 0.6) is 0 Å². The van der Waals surface area contributed by atoms with Crippen molar-refractivity contribution < 1.29 is 9.53 Å². The van der Waals surface area contributed by atoms with Gasteiger partial charge in [0.05, 0.1) is 7.11 Å². The minimum atomic E-state index is -0.347. The Labute approximate surface area is 107 Å². The van der Waals surface area contributed by atoms with Crippen molar-refractivity contribution in [2.75, 3.05) is 18.6 Å². The molecule has 2 atom stereocenters. The average molecular weight is 249 g/mol. The van der Waals surface area contributed by atoms with E-state index in [1.807, 2.05) is 0 Å². The van der Waals surface area contributed by atoms with Gasteiger partial charge in [0.25, 0.3) is 0 Å². The first kappa shape index (κ1) is 12.8. The molecule has 1 aliphatic heterocycles. The van der Waals surface area contributed by atoms with Crippen LogP contribution in [-0.2, 0) is 4.74 Å². The van der Waals surface area contributed by atoms with Crippen molar-refractivity contribution in [3.8, 4) is 0 Å². The Hall–Kier alpha value is -1.62. The molecule has 5 nitrogen and oxygen atoms in total. The highest BCUT2D eigenvalue weighted by Crippen LogP contribution is 2.25. The molecule has 1 aromatic rings. The molecule has 0 aliphatic carbocycles. The van der Waals surface area contributed by atoms with Crippen molar-refractivity contribution in [1.29, 1.82) is 0 Å². The van der Waals surface area contributed by atoms with Gasteiger partial charge in [-0.3, -0.25) is 0 Å². The number of aromatic nitrogens is 1. The normalized spacial score (nSPS) is 23.8. The maximum Gasteiger partial charge on any atom is 0.341 e. The summed E-state index contributed by atoms with van der Waals surface area (Å²) in [5, 5.41) is 0. The number of carbonyl (C=O) groups is 1. The molecule has 1 aromatic heterocycles. The Kier molecular flexibility index (Phi) is 3.81. The van der Waals surface area contributed by atoms with Gasteiger partial charge in [-0.25, -0.2) is 9.78 Å². The van der Waals surface area contributed by atoms with Gasteiger partial charge in [-0.1, -0.05) is 0 Å². The summed E-state index contributed by atoms with van der Waals surface area (Å²) < 4.78 is 4.79. The highest BCUT2D eigenvalue weighted by Gasteiger charge is 2.27. The Balaban J connectivity index is 2.30. The van der Waals surface area contributed by atoms with Crippen LogP contribution in [0.1, 0.15) is 30.1 Å². The van der Waals surface area contributed by atoms with Crippen LogP contribution in [0.3, 0.4) is 0 Å². The Morgan fingerprint density at radius 1 is 1.61 bits per heavy atom. The topological polar surface area (TPSA) is 68.5 Å². The number of methoxy groups -OCH3 is 1. The van der Waals surface area contributed by atoms with E-state index in [-0.39, 0.29) is 18.1 Å². The smallest absolute Gasteiger partial charge is 0.341 e. The number of nitrogens with zero attached hydrogens (tertiary/aromatic N) is 2. The number of piperidine rings is 1. The second-order valence-electron chi connectivity index (χ2n) is 4.69. The molecule has 2 unspecified atom stereocenters. The van der Waals surface area contributed by atoms with Gasteiger partial charge in [-0.15, -0.1) is 0 Å². The number of carbonyl (C=O) groups excluding carboxylic acids is 1.